The smallest absolute Gasteiger partial charge is 0.310 e. The molecule has 0 bridgehead atoms. The molecule has 1 saturated heterocycles. The van der Waals surface area contributed by atoms with Crippen LogP contribution in [0.3, 0.4) is 0 Å². The fraction of sp³-hybridized carbons (Fsp3) is 0.586. The Morgan fingerprint density at radius 2 is 2.03 bits per heavy atom. The van der Waals surface area contributed by atoms with Crippen LogP contribution in [-0.4, -0.2) is 55.9 Å². The Kier molecular flexibility index (Phi) is 7.10. The summed E-state index contributed by atoms with van der Waals surface area (Å²) in [6, 6.07) is 7.64. The number of aromatic nitrogens is 2. The number of imidazole rings is 1. The summed E-state index contributed by atoms with van der Waals surface area (Å²) in [6.45, 7) is 4.94. The van der Waals surface area contributed by atoms with E-state index in [2.05, 4.69) is 11.1 Å². The molecule has 5 atom stereocenters. The van der Waals surface area contributed by atoms with E-state index in [-0.39, 0.29) is 36.1 Å². The van der Waals surface area contributed by atoms with E-state index in [0.717, 1.165) is 43.1 Å². The van der Waals surface area contributed by atoms with Crippen LogP contribution in [0.1, 0.15) is 65.2 Å². The highest BCUT2D eigenvalue weighted by molar-refractivity contribution is 5.94. The topological polar surface area (TPSA) is 102 Å². The van der Waals surface area contributed by atoms with Gasteiger partial charge in [0.2, 0.25) is 5.91 Å². The number of fused-ring (bicyclic) bond motifs is 3. The van der Waals surface area contributed by atoms with E-state index >= 15 is 0 Å². The molecule has 37 heavy (non-hydrogen) atoms. The molecule has 1 N–H and O–H groups in total. The van der Waals surface area contributed by atoms with Crippen molar-refractivity contribution in [2.75, 3.05) is 6.54 Å². The van der Waals surface area contributed by atoms with Crippen LogP contribution in [0, 0.1) is 17.3 Å². The first-order valence-electron chi connectivity index (χ1n) is 13.7. The number of carboxylic acids is 1. The molecule has 8 heteroatoms. The van der Waals surface area contributed by atoms with Gasteiger partial charge in [0.15, 0.2) is 5.78 Å². The number of rotatable bonds is 4. The molecule has 1 aromatic carbocycles. The summed E-state index contributed by atoms with van der Waals surface area (Å²) in [4.78, 5) is 45.7. The molecule has 1 amide bonds. The molecule has 3 aliphatic rings. The van der Waals surface area contributed by atoms with Crippen LogP contribution in [0.25, 0.3) is 11.0 Å². The van der Waals surface area contributed by atoms with Gasteiger partial charge in [0.25, 0.3) is 6.01 Å². The lowest BCUT2D eigenvalue weighted by atomic mass is 9.91. The second-order valence-corrected chi connectivity index (χ2v) is 11.0. The van der Waals surface area contributed by atoms with Crippen LogP contribution in [0.15, 0.2) is 36.4 Å². The number of benzene rings is 1. The van der Waals surface area contributed by atoms with E-state index in [1.54, 1.807) is 4.90 Å². The van der Waals surface area contributed by atoms with Crippen LogP contribution in [0.2, 0.25) is 0 Å². The minimum Gasteiger partial charge on any atom is -0.481 e. The lowest BCUT2D eigenvalue weighted by Gasteiger charge is -2.27. The van der Waals surface area contributed by atoms with Gasteiger partial charge in [-0.05, 0) is 50.7 Å². The Labute approximate surface area is 217 Å². The maximum Gasteiger partial charge on any atom is 0.310 e. The number of carboxylic acid groups (broad SMARTS) is 1. The molecule has 1 aliphatic carbocycles. The van der Waals surface area contributed by atoms with Crippen molar-refractivity contribution in [1.82, 2.24) is 14.5 Å². The van der Waals surface area contributed by atoms with E-state index in [4.69, 9.17) is 4.74 Å². The van der Waals surface area contributed by atoms with Crippen molar-refractivity contribution in [2.24, 2.45) is 17.3 Å². The predicted octanol–water partition coefficient (Wildman–Crippen LogP) is 4.61. The second kappa shape index (κ2) is 10.3. The standard InChI is InChI=1S/C29H37N3O5/c1-3-31-23-14-10-9-13-22(23)30-28(31)37-21-15-24-25(33)17-29(27(35)36)16-20(29)12-8-6-4-5-7-11-19(2)26(34)32(24)18-21/h8-10,12-14,19-21,24H,3-7,11,15-18H2,1-2H3,(H,35,36)/b12-8-/t19-,20+,21+,24-,29+/m0/s1. The van der Waals surface area contributed by atoms with Crippen LogP contribution < -0.4 is 4.74 Å². The number of hydrogen-bond acceptors (Lipinski definition) is 5. The average molecular weight is 508 g/mol. The first kappa shape index (κ1) is 25.5. The maximum atomic E-state index is 13.6. The fourth-order valence-corrected chi connectivity index (χ4v) is 6.13. The van der Waals surface area contributed by atoms with Crippen molar-refractivity contribution in [3.05, 3.63) is 36.4 Å². The van der Waals surface area contributed by atoms with Gasteiger partial charge in [-0.25, -0.2) is 0 Å². The van der Waals surface area contributed by atoms with Crippen molar-refractivity contribution >= 4 is 28.7 Å². The lowest BCUT2D eigenvalue weighted by molar-refractivity contribution is -0.147. The number of carbonyl (C=O) groups excluding carboxylic acids is 2. The number of aryl methyl sites for hydroxylation is 1. The van der Waals surface area contributed by atoms with Gasteiger partial charge >= 0.3 is 5.97 Å². The summed E-state index contributed by atoms with van der Waals surface area (Å²) in [7, 11) is 0. The number of nitrogens with zero attached hydrogens (tertiary/aromatic N) is 3. The summed E-state index contributed by atoms with van der Waals surface area (Å²) in [5, 5.41) is 10.0. The minimum atomic E-state index is -1.05. The maximum absolute atomic E-state index is 13.6. The zero-order valence-corrected chi connectivity index (χ0v) is 21.8. The molecule has 2 fully saturated rings. The normalized spacial score (nSPS) is 31.8. The first-order chi connectivity index (χ1) is 17.8. The summed E-state index contributed by atoms with van der Waals surface area (Å²) >= 11 is 0. The Balaban J connectivity index is 1.41. The Bertz CT molecular complexity index is 1220. The minimum absolute atomic E-state index is 0.0434. The molecule has 2 aliphatic heterocycles. The average Bonchev–Trinajstić information content (AvgIpc) is 3.24. The lowest BCUT2D eigenvalue weighted by Crippen LogP contribution is -2.44. The van der Waals surface area contributed by atoms with Gasteiger partial charge in [0, 0.05) is 25.3 Å². The third kappa shape index (κ3) is 4.90. The molecule has 1 saturated carbocycles. The molecule has 198 valence electrons. The van der Waals surface area contributed by atoms with Crippen molar-refractivity contribution in [1.29, 1.82) is 0 Å². The van der Waals surface area contributed by atoms with Crippen molar-refractivity contribution in [3.8, 4) is 6.01 Å². The molecule has 0 spiro atoms. The third-order valence-corrected chi connectivity index (χ3v) is 8.47. The van der Waals surface area contributed by atoms with Crippen LogP contribution >= 0.6 is 0 Å². The van der Waals surface area contributed by atoms with E-state index in [0.29, 0.717) is 31.9 Å². The number of aliphatic carboxylic acids is 1. The SMILES string of the molecule is CCn1c(O[C@@H]2C[C@H]3C(=O)C[C@]4(C(=O)O)C[C@H]4/C=C\CCCCC[C@H](C)C(=O)N3C2)nc2ccccc21. The van der Waals surface area contributed by atoms with E-state index in [1.165, 1.54) is 0 Å². The highest BCUT2D eigenvalue weighted by atomic mass is 16.5. The van der Waals surface area contributed by atoms with Gasteiger partial charge in [0.1, 0.15) is 6.10 Å². The molecule has 8 nitrogen and oxygen atoms in total. The third-order valence-electron chi connectivity index (χ3n) is 8.47. The Morgan fingerprint density at radius 1 is 1.22 bits per heavy atom. The van der Waals surface area contributed by atoms with Gasteiger partial charge < -0.3 is 14.7 Å². The highest BCUT2D eigenvalue weighted by Crippen LogP contribution is 2.57. The van der Waals surface area contributed by atoms with Gasteiger partial charge in [-0.3, -0.25) is 19.0 Å². The number of Topliss-reactive ketones (excluding diaryl/α,β-unsaturated/α-hetero) is 1. The summed E-state index contributed by atoms with van der Waals surface area (Å²) in [5.41, 5.74) is 0.762. The monoisotopic (exact) mass is 507 g/mol. The zero-order valence-electron chi connectivity index (χ0n) is 21.8. The highest BCUT2D eigenvalue weighted by Gasteiger charge is 2.61. The number of amides is 1. The molecule has 5 rings (SSSR count). The number of allylic oxidation sites excluding steroid dienone is 2. The van der Waals surface area contributed by atoms with Crippen molar-refractivity contribution in [2.45, 2.75) is 83.9 Å². The van der Waals surface area contributed by atoms with Gasteiger partial charge in [-0.1, -0.05) is 44.1 Å². The van der Waals surface area contributed by atoms with E-state index in [1.807, 2.05) is 48.8 Å². The van der Waals surface area contributed by atoms with Crippen LogP contribution in [-0.2, 0) is 20.9 Å². The number of hydrogen-bond donors (Lipinski definition) is 1. The van der Waals surface area contributed by atoms with Gasteiger partial charge in [0.05, 0.1) is 29.0 Å². The number of para-hydroxylation sites is 2. The molecule has 2 aromatic rings. The Morgan fingerprint density at radius 3 is 2.81 bits per heavy atom. The van der Waals surface area contributed by atoms with E-state index in [9.17, 15) is 19.5 Å². The molecule has 0 radical (unpaired) electrons. The summed E-state index contributed by atoms with van der Waals surface area (Å²) in [5.74, 6) is -1.47. The second-order valence-electron chi connectivity index (χ2n) is 11.0. The quantitative estimate of drug-likeness (QED) is 0.607. The number of ether oxygens (including phenoxy) is 1. The summed E-state index contributed by atoms with van der Waals surface area (Å²) in [6.07, 6.45) is 9.11. The van der Waals surface area contributed by atoms with E-state index < -0.39 is 17.4 Å². The largest absolute Gasteiger partial charge is 0.481 e. The molecule has 3 heterocycles. The first-order valence-corrected chi connectivity index (χ1v) is 13.7. The predicted molar refractivity (Wildman–Crippen MR) is 139 cm³/mol. The van der Waals surface area contributed by atoms with Crippen molar-refractivity contribution in [3.63, 3.8) is 0 Å². The molecule has 1 aromatic heterocycles. The van der Waals surface area contributed by atoms with Crippen LogP contribution in [0.4, 0.5) is 0 Å². The zero-order chi connectivity index (χ0) is 26.2. The van der Waals surface area contributed by atoms with Crippen LogP contribution in [0.5, 0.6) is 6.01 Å². The molecule has 0 unspecified atom stereocenters. The Hall–Kier alpha value is -3.16. The fourth-order valence-electron chi connectivity index (χ4n) is 6.13. The summed E-state index contributed by atoms with van der Waals surface area (Å²) < 4.78 is 8.34. The molecular formula is C29H37N3O5. The van der Waals surface area contributed by atoms with Gasteiger partial charge in [-0.2, -0.15) is 4.98 Å². The van der Waals surface area contributed by atoms with Gasteiger partial charge in [-0.15, -0.1) is 0 Å². The van der Waals surface area contributed by atoms with Crippen molar-refractivity contribution < 1.29 is 24.2 Å². The molecular weight excluding hydrogens is 470 g/mol. The number of ketones is 1. The number of carbonyl (C=O) groups is 3.